The van der Waals surface area contributed by atoms with E-state index in [-0.39, 0.29) is 0 Å². The molecule has 2 N–H and O–H groups in total. The number of aryl methyl sites for hydroxylation is 1. The molecule has 2 aromatic rings. The van der Waals surface area contributed by atoms with E-state index in [9.17, 15) is 0 Å². The second-order valence-electron chi connectivity index (χ2n) is 4.00. The molecule has 0 aliphatic rings. The lowest BCUT2D eigenvalue weighted by Crippen LogP contribution is -2.07. The Hall–Kier alpha value is -1.33. The molecule has 0 aliphatic heterocycles. The minimum Gasteiger partial charge on any atom is -0.383 e. The third kappa shape index (κ3) is 2.35. The Morgan fingerprint density at radius 1 is 1.47 bits per heavy atom. The monoisotopic (exact) mass is 251 g/mol. The molecule has 0 fully saturated rings. The summed E-state index contributed by atoms with van der Waals surface area (Å²) >= 11 is 1.47. The van der Waals surface area contributed by atoms with Crippen molar-refractivity contribution in [2.45, 2.75) is 20.4 Å². The first kappa shape index (κ1) is 12.1. The van der Waals surface area contributed by atoms with Crippen LogP contribution in [0.5, 0.6) is 0 Å². The van der Waals surface area contributed by atoms with Crippen LogP contribution in [0, 0.1) is 13.8 Å². The summed E-state index contributed by atoms with van der Waals surface area (Å²) in [5.41, 5.74) is 10.2. The summed E-state index contributed by atoms with van der Waals surface area (Å²) in [6, 6.07) is 2.15. The summed E-state index contributed by atoms with van der Waals surface area (Å²) in [6.07, 6.45) is 0. The maximum absolute atomic E-state index is 5.67. The van der Waals surface area contributed by atoms with Crippen LogP contribution in [0.15, 0.2) is 11.4 Å². The Labute approximate surface area is 105 Å². The molecule has 0 saturated carbocycles. The van der Waals surface area contributed by atoms with Gasteiger partial charge in [0, 0.05) is 36.0 Å². The first-order valence-corrected chi connectivity index (χ1v) is 6.38. The zero-order valence-corrected chi connectivity index (χ0v) is 11.2. The van der Waals surface area contributed by atoms with Crippen molar-refractivity contribution in [1.82, 2.24) is 9.55 Å². The molecule has 0 bridgehead atoms. The quantitative estimate of drug-likeness (QED) is 0.908. The van der Waals surface area contributed by atoms with Crippen molar-refractivity contribution in [3.8, 4) is 11.3 Å². The summed E-state index contributed by atoms with van der Waals surface area (Å²) in [6.45, 7) is 5.79. The molecule has 92 valence electrons. The molecule has 5 heteroatoms. The fraction of sp³-hybridized carbons (Fsp3) is 0.417. The van der Waals surface area contributed by atoms with Crippen LogP contribution in [0.2, 0.25) is 0 Å². The molecule has 4 nitrogen and oxygen atoms in total. The smallest absolute Gasteiger partial charge is 0.180 e. The van der Waals surface area contributed by atoms with Gasteiger partial charge in [0.05, 0.1) is 12.3 Å². The zero-order chi connectivity index (χ0) is 12.4. The van der Waals surface area contributed by atoms with Gasteiger partial charge >= 0.3 is 0 Å². The van der Waals surface area contributed by atoms with Crippen LogP contribution in [-0.4, -0.2) is 23.3 Å². The molecule has 0 saturated heterocycles. The van der Waals surface area contributed by atoms with E-state index >= 15 is 0 Å². The summed E-state index contributed by atoms with van der Waals surface area (Å²) in [5.74, 6) is 0. The molecule has 0 radical (unpaired) electrons. The Balaban J connectivity index is 2.36. The zero-order valence-electron chi connectivity index (χ0n) is 10.4. The second kappa shape index (κ2) is 4.89. The lowest BCUT2D eigenvalue weighted by atomic mass is 10.2. The van der Waals surface area contributed by atoms with Gasteiger partial charge in [0.1, 0.15) is 0 Å². The van der Waals surface area contributed by atoms with Crippen molar-refractivity contribution in [3.63, 3.8) is 0 Å². The topological polar surface area (TPSA) is 53.1 Å². The van der Waals surface area contributed by atoms with E-state index in [0.717, 1.165) is 24.4 Å². The molecule has 17 heavy (non-hydrogen) atoms. The number of nitrogens with two attached hydrogens (primary N) is 1. The van der Waals surface area contributed by atoms with E-state index in [1.807, 2.05) is 5.38 Å². The number of anilines is 1. The molecule has 2 rings (SSSR count). The fourth-order valence-corrected chi connectivity index (χ4v) is 2.56. The van der Waals surface area contributed by atoms with Gasteiger partial charge in [-0.05, 0) is 19.9 Å². The van der Waals surface area contributed by atoms with Crippen molar-refractivity contribution < 1.29 is 4.74 Å². The van der Waals surface area contributed by atoms with E-state index in [2.05, 4.69) is 29.5 Å². The van der Waals surface area contributed by atoms with Gasteiger partial charge in [0.25, 0.3) is 0 Å². The van der Waals surface area contributed by atoms with Crippen LogP contribution in [0.25, 0.3) is 11.3 Å². The summed E-state index contributed by atoms with van der Waals surface area (Å²) in [5, 5.41) is 2.61. The van der Waals surface area contributed by atoms with Gasteiger partial charge in [-0.2, -0.15) is 0 Å². The highest BCUT2D eigenvalue weighted by Crippen LogP contribution is 2.28. The van der Waals surface area contributed by atoms with Crippen molar-refractivity contribution in [1.29, 1.82) is 0 Å². The third-order valence-corrected chi connectivity index (χ3v) is 3.56. The number of rotatable bonds is 4. The summed E-state index contributed by atoms with van der Waals surface area (Å²) in [4.78, 5) is 4.33. The first-order chi connectivity index (χ1) is 8.13. The summed E-state index contributed by atoms with van der Waals surface area (Å²) in [7, 11) is 1.72. The van der Waals surface area contributed by atoms with Crippen LogP contribution in [0.3, 0.4) is 0 Å². The van der Waals surface area contributed by atoms with Crippen LogP contribution >= 0.6 is 11.3 Å². The molecule has 0 aliphatic carbocycles. The van der Waals surface area contributed by atoms with Crippen LogP contribution < -0.4 is 5.73 Å². The molecule has 0 amide bonds. The number of thiazole rings is 1. The van der Waals surface area contributed by atoms with Crippen LogP contribution in [0.1, 0.15) is 11.4 Å². The van der Waals surface area contributed by atoms with Gasteiger partial charge in [-0.3, -0.25) is 0 Å². The Bertz CT molecular complexity index is 516. The van der Waals surface area contributed by atoms with E-state index in [0.29, 0.717) is 5.13 Å². The molecule has 0 atom stereocenters. The SMILES string of the molecule is COCCn1c(C)cc(-c2csc(N)n2)c1C. The molecule has 0 unspecified atom stereocenters. The van der Waals surface area contributed by atoms with E-state index in [4.69, 9.17) is 10.5 Å². The lowest BCUT2D eigenvalue weighted by Gasteiger charge is -2.08. The standard InChI is InChI=1S/C12H17N3OS/c1-8-6-10(11-7-17-12(13)14-11)9(2)15(8)4-5-16-3/h6-7H,4-5H2,1-3H3,(H2,13,14). The van der Waals surface area contributed by atoms with Crippen LogP contribution in [-0.2, 0) is 11.3 Å². The number of hydrogen-bond donors (Lipinski definition) is 1. The van der Waals surface area contributed by atoms with Crippen molar-refractivity contribution in [2.75, 3.05) is 19.5 Å². The number of hydrogen-bond acceptors (Lipinski definition) is 4. The van der Waals surface area contributed by atoms with E-state index < -0.39 is 0 Å². The van der Waals surface area contributed by atoms with Gasteiger partial charge in [0.15, 0.2) is 5.13 Å². The molecule has 0 spiro atoms. The van der Waals surface area contributed by atoms with Gasteiger partial charge in [-0.25, -0.2) is 4.98 Å². The number of nitrogen functional groups attached to an aromatic ring is 1. The van der Waals surface area contributed by atoms with Gasteiger partial charge in [-0.15, -0.1) is 11.3 Å². The Morgan fingerprint density at radius 3 is 2.82 bits per heavy atom. The van der Waals surface area contributed by atoms with Crippen molar-refractivity contribution in [2.24, 2.45) is 0 Å². The Kier molecular flexibility index (Phi) is 3.49. The molecule has 0 aromatic carbocycles. The Morgan fingerprint density at radius 2 is 2.24 bits per heavy atom. The lowest BCUT2D eigenvalue weighted by molar-refractivity contribution is 0.186. The highest BCUT2D eigenvalue weighted by atomic mass is 32.1. The third-order valence-electron chi connectivity index (χ3n) is 2.89. The number of methoxy groups -OCH3 is 1. The highest BCUT2D eigenvalue weighted by molar-refractivity contribution is 7.13. The van der Waals surface area contributed by atoms with Crippen LogP contribution in [0.4, 0.5) is 5.13 Å². The largest absolute Gasteiger partial charge is 0.383 e. The maximum atomic E-state index is 5.67. The van der Waals surface area contributed by atoms with E-state index in [1.165, 1.54) is 22.7 Å². The van der Waals surface area contributed by atoms with Gasteiger partial charge in [-0.1, -0.05) is 0 Å². The highest BCUT2D eigenvalue weighted by Gasteiger charge is 2.12. The number of ether oxygens (including phenoxy) is 1. The maximum Gasteiger partial charge on any atom is 0.180 e. The molecular weight excluding hydrogens is 234 g/mol. The van der Waals surface area contributed by atoms with E-state index in [1.54, 1.807) is 7.11 Å². The van der Waals surface area contributed by atoms with Gasteiger partial charge < -0.3 is 15.0 Å². The molecular formula is C12H17N3OS. The minimum atomic E-state index is 0.613. The predicted molar refractivity (Wildman–Crippen MR) is 71.3 cm³/mol. The van der Waals surface area contributed by atoms with Crippen molar-refractivity contribution >= 4 is 16.5 Å². The summed E-state index contributed by atoms with van der Waals surface area (Å²) < 4.78 is 7.36. The number of nitrogens with zero attached hydrogens (tertiary/aromatic N) is 2. The predicted octanol–water partition coefficient (Wildman–Crippen LogP) is 2.46. The average Bonchev–Trinajstić information content (AvgIpc) is 2.82. The minimum absolute atomic E-state index is 0.613. The fourth-order valence-electron chi connectivity index (χ4n) is 2.00. The number of aromatic nitrogens is 2. The second-order valence-corrected chi connectivity index (χ2v) is 4.89. The molecule has 2 heterocycles. The normalized spacial score (nSPS) is 11.0. The van der Waals surface area contributed by atoms with Gasteiger partial charge in [0.2, 0.25) is 0 Å². The molecule has 2 aromatic heterocycles. The van der Waals surface area contributed by atoms with Crippen molar-refractivity contribution in [3.05, 3.63) is 22.8 Å². The first-order valence-electron chi connectivity index (χ1n) is 5.50. The average molecular weight is 251 g/mol.